The molecule has 0 aliphatic carbocycles. The zero-order chi connectivity index (χ0) is 19.6. The molecule has 1 N–H and O–H groups in total. The molecule has 0 saturated carbocycles. The summed E-state index contributed by atoms with van der Waals surface area (Å²) in [6.07, 6.45) is -0.114. The minimum atomic E-state index is -0.260. The van der Waals surface area contributed by atoms with Crippen molar-refractivity contribution in [3.8, 4) is 28.7 Å². The fourth-order valence-electron chi connectivity index (χ4n) is 2.92. The molecule has 0 fully saturated rings. The van der Waals surface area contributed by atoms with Crippen molar-refractivity contribution in [3.63, 3.8) is 0 Å². The van der Waals surface area contributed by atoms with Crippen molar-refractivity contribution >= 4 is 11.5 Å². The van der Waals surface area contributed by atoms with Gasteiger partial charge in [0.2, 0.25) is 5.75 Å². The van der Waals surface area contributed by atoms with Gasteiger partial charge < -0.3 is 28.8 Å². The summed E-state index contributed by atoms with van der Waals surface area (Å²) >= 11 is 0. The number of carbonyl (C=O) groups excluding carboxylic acids is 1. The molecule has 0 unspecified atom stereocenters. The summed E-state index contributed by atoms with van der Waals surface area (Å²) in [5.74, 6) is 1.55. The first-order valence-corrected chi connectivity index (χ1v) is 8.14. The van der Waals surface area contributed by atoms with Gasteiger partial charge in [-0.15, -0.1) is 0 Å². The first kappa shape index (κ1) is 18.4. The number of ether oxygens (including phenoxy) is 5. The predicted molar refractivity (Wildman–Crippen MR) is 98.2 cm³/mol. The molecule has 142 valence electrons. The van der Waals surface area contributed by atoms with Crippen molar-refractivity contribution in [2.45, 2.75) is 6.42 Å². The summed E-state index contributed by atoms with van der Waals surface area (Å²) in [5.41, 5.74) is 0.760. The fraction of sp³-hybridized carbons (Fsp3) is 0.250. The Bertz CT molecular complexity index is 898. The van der Waals surface area contributed by atoms with E-state index in [0.29, 0.717) is 22.8 Å². The highest BCUT2D eigenvalue weighted by Gasteiger charge is 2.32. The number of fused-ring (bicyclic) bond motifs is 1. The second-order valence-corrected chi connectivity index (χ2v) is 5.72. The number of hydrogen-bond acceptors (Lipinski definition) is 7. The van der Waals surface area contributed by atoms with Gasteiger partial charge in [-0.1, -0.05) is 0 Å². The van der Waals surface area contributed by atoms with Crippen LogP contribution in [0.25, 0.3) is 5.76 Å². The third kappa shape index (κ3) is 3.23. The Morgan fingerprint density at radius 2 is 1.63 bits per heavy atom. The molecule has 7 heteroatoms. The maximum absolute atomic E-state index is 12.8. The molecular weight excluding hydrogens is 352 g/mol. The first-order chi connectivity index (χ1) is 13.0. The number of Topliss-reactive ketones (excluding diaryl/α,β-unsaturated/α-hetero) is 1. The molecule has 2 aromatic rings. The summed E-state index contributed by atoms with van der Waals surface area (Å²) in [6, 6.07) is 8.32. The number of carbonyl (C=O) groups is 1. The van der Waals surface area contributed by atoms with Gasteiger partial charge in [0.15, 0.2) is 28.8 Å². The summed E-state index contributed by atoms with van der Waals surface area (Å²) in [6.45, 7) is 0. The van der Waals surface area contributed by atoms with Crippen LogP contribution < -0.4 is 23.7 Å². The summed E-state index contributed by atoms with van der Waals surface area (Å²) in [7, 11) is 5.93. The molecule has 3 rings (SSSR count). The average molecular weight is 372 g/mol. The Balaban J connectivity index is 2.08. The maximum atomic E-state index is 12.8. The van der Waals surface area contributed by atoms with Crippen molar-refractivity contribution < 1.29 is 33.6 Å². The minimum Gasteiger partial charge on any atom is -0.504 e. The van der Waals surface area contributed by atoms with Crippen molar-refractivity contribution in [3.05, 3.63) is 47.2 Å². The Morgan fingerprint density at radius 3 is 2.19 bits per heavy atom. The molecule has 0 spiro atoms. The van der Waals surface area contributed by atoms with Gasteiger partial charge in [-0.3, -0.25) is 4.79 Å². The standard InChI is InChI=1S/C20H20O7/c1-23-12-7-5-11(6-8-12)18(22)15-9-13(21)17-14(27-15)10-16(24-2)19(25-3)20(17)26-4/h5-8,10,22H,9H2,1-4H3. The van der Waals surface area contributed by atoms with E-state index in [1.165, 1.54) is 27.4 Å². The smallest absolute Gasteiger partial charge is 0.204 e. The van der Waals surface area contributed by atoms with Crippen LogP contribution in [0.5, 0.6) is 28.7 Å². The van der Waals surface area contributed by atoms with Crippen molar-refractivity contribution in [1.29, 1.82) is 0 Å². The molecule has 0 amide bonds. The van der Waals surface area contributed by atoms with Crippen LogP contribution >= 0.6 is 0 Å². The Kier molecular flexibility index (Phi) is 5.12. The number of benzene rings is 2. The quantitative estimate of drug-likeness (QED) is 0.803. The Labute approximate surface area is 156 Å². The highest BCUT2D eigenvalue weighted by Crippen LogP contribution is 2.48. The average Bonchev–Trinajstić information content (AvgIpc) is 2.71. The van der Waals surface area contributed by atoms with Crippen LogP contribution in [0.2, 0.25) is 0 Å². The van der Waals surface area contributed by atoms with E-state index in [1.54, 1.807) is 31.4 Å². The highest BCUT2D eigenvalue weighted by molar-refractivity contribution is 6.05. The lowest BCUT2D eigenvalue weighted by atomic mass is 9.99. The van der Waals surface area contributed by atoms with Crippen LogP contribution in [0.15, 0.2) is 36.1 Å². The Morgan fingerprint density at radius 1 is 0.963 bits per heavy atom. The lowest BCUT2D eigenvalue weighted by Crippen LogP contribution is -2.17. The van der Waals surface area contributed by atoms with E-state index in [0.717, 1.165) is 0 Å². The van der Waals surface area contributed by atoms with Gasteiger partial charge in [0.25, 0.3) is 0 Å². The number of ketones is 1. The predicted octanol–water partition coefficient (Wildman–Crippen LogP) is 3.61. The van der Waals surface area contributed by atoms with Gasteiger partial charge in [0.1, 0.15) is 17.1 Å². The number of rotatable bonds is 5. The zero-order valence-corrected chi connectivity index (χ0v) is 15.5. The zero-order valence-electron chi connectivity index (χ0n) is 15.5. The van der Waals surface area contributed by atoms with Crippen molar-refractivity contribution in [2.24, 2.45) is 0 Å². The van der Waals surface area contributed by atoms with Gasteiger partial charge in [-0.25, -0.2) is 0 Å². The number of aliphatic hydroxyl groups is 1. The van der Waals surface area contributed by atoms with Crippen LogP contribution in [0.4, 0.5) is 0 Å². The maximum Gasteiger partial charge on any atom is 0.204 e. The molecule has 0 atom stereocenters. The minimum absolute atomic E-state index is 0.114. The van der Waals surface area contributed by atoms with Gasteiger partial charge in [0, 0.05) is 11.6 Å². The second-order valence-electron chi connectivity index (χ2n) is 5.72. The van der Waals surface area contributed by atoms with Crippen LogP contribution in [0, 0.1) is 0 Å². The Hall–Kier alpha value is -3.35. The molecule has 0 saturated heterocycles. The molecular formula is C20H20O7. The van der Waals surface area contributed by atoms with Crippen LogP contribution in [-0.4, -0.2) is 39.3 Å². The number of allylic oxidation sites excluding steroid dienone is 1. The first-order valence-electron chi connectivity index (χ1n) is 8.14. The van der Waals surface area contributed by atoms with E-state index in [-0.39, 0.29) is 40.8 Å². The topological polar surface area (TPSA) is 83.5 Å². The molecule has 0 radical (unpaired) electrons. The highest BCUT2D eigenvalue weighted by atomic mass is 16.5. The summed E-state index contributed by atoms with van der Waals surface area (Å²) in [4.78, 5) is 12.8. The number of methoxy groups -OCH3 is 4. The molecule has 27 heavy (non-hydrogen) atoms. The molecule has 1 heterocycles. The SMILES string of the molecule is COc1ccc(C(O)=C2CC(=O)c3c(cc(OC)c(OC)c3OC)O2)cc1. The van der Waals surface area contributed by atoms with Crippen LogP contribution in [-0.2, 0) is 0 Å². The van der Waals surface area contributed by atoms with E-state index in [1.807, 2.05) is 0 Å². The lowest BCUT2D eigenvalue weighted by Gasteiger charge is -2.24. The molecule has 0 bridgehead atoms. The molecule has 7 nitrogen and oxygen atoms in total. The van der Waals surface area contributed by atoms with Crippen molar-refractivity contribution in [1.82, 2.24) is 0 Å². The normalized spacial score (nSPS) is 14.7. The van der Waals surface area contributed by atoms with Crippen LogP contribution in [0.1, 0.15) is 22.3 Å². The van der Waals surface area contributed by atoms with E-state index >= 15 is 0 Å². The lowest BCUT2D eigenvalue weighted by molar-refractivity contribution is 0.0957. The molecule has 0 aromatic heterocycles. The van der Waals surface area contributed by atoms with E-state index in [4.69, 9.17) is 23.7 Å². The number of aliphatic hydroxyl groups excluding tert-OH is 1. The molecule has 1 aliphatic heterocycles. The van der Waals surface area contributed by atoms with E-state index < -0.39 is 0 Å². The fourth-order valence-corrected chi connectivity index (χ4v) is 2.92. The third-order valence-electron chi connectivity index (χ3n) is 4.25. The van der Waals surface area contributed by atoms with E-state index in [2.05, 4.69) is 0 Å². The monoisotopic (exact) mass is 372 g/mol. The summed E-state index contributed by atoms with van der Waals surface area (Å²) < 4.78 is 26.9. The summed E-state index contributed by atoms with van der Waals surface area (Å²) in [5, 5.41) is 10.6. The van der Waals surface area contributed by atoms with Gasteiger partial charge >= 0.3 is 0 Å². The number of hydrogen-bond donors (Lipinski definition) is 1. The largest absolute Gasteiger partial charge is 0.504 e. The van der Waals surface area contributed by atoms with Gasteiger partial charge in [-0.05, 0) is 24.3 Å². The van der Waals surface area contributed by atoms with Crippen molar-refractivity contribution in [2.75, 3.05) is 28.4 Å². The third-order valence-corrected chi connectivity index (χ3v) is 4.25. The molecule has 2 aromatic carbocycles. The van der Waals surface area contributed by atoms with Gasteiger partial charge in [0.05, 0.1) is 34.9 Å². The van der Waals surface area contributed by atoms with E-state index in [9.17, 15) is 9.90 Å². The molecule has 1 aliphatic rings. The van der Waals surface area contributed by atoms with Gasteiger partial charge in [-0.2, -0.15) is 0 Å². The van der Waals surface area contributed by atoms with Crippen LogP contribution in [0.3, 0.4) is 0 Å². The second kappa shape index (κ2) is 7.49.